The molecule has 0 radical (unpaired) electrons. The number of anilines is 1. The van der Waals surface area contributed by atoms with Crippen LogP contribution in [0.2, 0.25) is 0 Å². The van der Waals surface area contributed by atoms with Crippen LogP contribution in [0.3, 0.4) is 0 Å². The maximum absolute atomic E-state index is 13.3. The zero-order valence-electron chi connectivity index (χ0n) is 27.2. The SMILES string of the molecule is Cc1ccccc1CN(C(=O)CCNC(=O)CCOCCOCCOCCOCCC(=O)ON1C(=O)CCC1=O)c1ccccc1C. The molecule has 1 aliphatic heterocycles. The van der Waals surface area contributed by atoms with Crippen molar-refractivity contribution in [3.8, 4) is 0 Å². The molecule has 0 atom stereocenters. The minimum atomic E-state index is -0.715. The van der Waals surface area contributed by atoms with E-state index in [1.165, 1.54) is 0 Å². The molecule has 1 saturated heterocycles. The summed E-state index contributed by atoms with van der Waals surface area (Å²) in [5.74, 6) is -2.02. The number of para-hydroxylation sites is 1. The van der Waals surface area contributed by atoms with Crippen molar-refractivity contribution >= 4 is 35.3 Å². The van der Waals surface area contributed by atoms with Gasteiger partial charge in [-0.25, -0.2) is 4.79 Å². The van der Waals surface area contributed by atoms with Gasteiger partial charge in [0.15, 0.2) is 0 Å². The van der Waals surface area contributed by atoms with Crippen LogP contribution in [0.5, 0.6) is 0 Å². The third-order valence-electron chi connectivity index (χ3n) is 7.20. The molecule has 13 heteroatoms. The van der Waals surface area contributed by atoms with E-state index in [4.69, 9.17) is 23.8 Å². The standard InChI is InChI=1S/C34H45N3O10/c1-26-7-3-5-9-28(26)25-36(29-10-6-4-8-27(29)2)31(39)13-16-35-30(38)14-17-43-19-21-45-23-24-46-22-20-44-18-15-34(42)47-37-32(40)11-12-33(37)41/h3-10H,11-25H2,1-2H3,(H,35,38). The van der Waals surface area contributed by atoms with Gasteiger partial charge in [-0.05, 0) is 36.6 Å². The van der Waals surface area contributed by atoms with Gasteiger partial charge in [-0.3, -0.25) is 19.2 Å². The van der Waals surface area contributed by atoms with Crippen LogP contribution in [0.15, 0.2) is 48.5 Å². The Kier molecular flexibility index (Phi) is 16.5. The largest absolute Gasteiger partial charge is 0.379 e. The third-order valence-corrected chi connectivity index (χ3v) is 7.20. The molecule has 1 N–H and O–H groups in total. The fourth-order valence-electron chi connectivity index (χ4n) is 4.55. The van der Waals surface area contributed by atoms with Gasteiger partial charge in [-0.1, -0.05) is 42.5 Å². The third kappa shape index (κ3) is 13.6. The van der Waals surface area contributed by atoms with Crippen molar-refractivity contribution in [1.29, 1.82) is 0 Å². The minimum absolute atomic E-state index is 0.0479. The molecule has 2 aromatic carbocycles. The van der Waals surface area contributed by atoms with Gasteiger partial charge in [0.1, 0.15) is 0 Å². The number of amides is 4. The second-order valence-electron chi connectivity index (χ2n) is 10.8. The first-order chi connectivity index (χ1) is 22.8. The number of carbonyl (C=O) groups is 5. The molecule has 0 bridgehead atoms. The summed E-state index contributed by atoms with van der Waals surface area (Å²) < 4.78 is 21.6. The van der Waals surface area contributed by atoms with Gasteiger partial charge in [-0.2, -0.15) is 0 Å². The lowest BCUT2D eigenvalue weighted by atomic mass is 10.1. The summed E-state index contributed by atoms with van der Waals surface area (Å²) in [6.45, 7) is 6.92. The van der Waals surface area contributed by atoms with Crippen molar-refractivity contribution in [3.05, 3.63) is 65.2 Å². The van der Waals surface area contributed by atoms with Crippen molar-refractivity contribution in [2.45, 2.75) is 52.5 Å². The van der Waals surface area contributed by atoms with Gasteiger partial charge in [0.25, 0.3) is 11.8 Å². The number of nitrogens with one attached hydrogen (secondary N) is 1. The second kappa shape index (κ2) is 20.9. The summed E-state index contributed by atoms with van der Waals surface area (Å²) in [6.07, 6.45) is 0.352. The maximum Gasteiger partial charge on any atom is 0.335 e. The average molecular weight is 656 g/mol. The van der Waals surface area contributed by atoms with Crippen molar-refractivity contribution in [2.75, 3.05) is 64.3 Å². The van der Waals surface area contributed by atoms with Gasteiger partial charge in [0, 0.05) is 37.9 Å². The maximum atomic E-state index is 13.3. The molecule has 4 amide bonds. The van der Waals surface area contributed by atoms with E-state index in [-0.39, 0.29) is 70.3 Å². The van der Waals surface area contributed by atoms with Gasteiger partial charge < -0.3 is 34.0 Å². The van der Waals surface area contributed by atoms with E-state index < -0.39 is 17.8 Å². The van der Waals surface area contributed by atoms with Gasteiger partial charge >= 0.3 is 5.97 Å². The molecular weight excluding hydrogens is 610 g/mol. The molecule has 0 saturated carbocycles. The van der Waals surface area contributed by atoms with Crippen molar-refractivity contribution in [1.82, 2.24) is 10.4 Å². The van der Waals surface area contributed by atoms with E-state index in [0.29, 0.717) is 44.6 Å². The number of ether oxygens (including phenoxy) is 4. The van der Waals surface area contributed by atoms with Crippen molar-refractivity contribution in [2.24, 2.45) is 0 Å². The lowest BCUT2D eigenvalue weighted by Gasteiger charge is -2.25. The van der Waals surface area contributed by atoms with Crippen LogP contribution < -0.4 is 10.2 Å². The number of hydrogen-bond acceptors (Lipinski definition) is 10. The molecule has 0 aromatic heterocycles. The number of benzene rings is 2. The van der Waals surface area contributed by atoms with E-state index >= 15 is 0 Å². The highest BCUT2D eigenvalue weighted by molar-refractivity contribution is 6.01. The number of aryl methyl sites for hydroxylation is 2. The topological polar surface area (TPSA) is 150 Å². The van der Waals surface area contributed by atoms with Crippen LogP contribution in [0, 0.1) is 13.8 Å². The summed E-state index contributed by atoms with van der Waals surface area (Å²) in [5.41, 5.74) is 4.04. The van der Waals surface area contributed by atoms with Crippen molar-refractivity contribution in [3.63, 3.8) is 0 Å². The lowest BCUT2D eigenvalue weighted by Crippen LogP contribution is -2.35. The normalized spacial score (nSPS) is 12.8. The zero-order valence-corrected chi connectivity index (χ0v) is 27.2. The van der Waals surface area contributed by atoms with E-state index in [1.54, 1.807) is 4.90 Å². The highest BCUT2D eigenvalue weighted by atomic mass is 16.7. The number of rotatable bonds is 22. The predicted octanol–water partition coefficient (Wildman–Crippen LogP) is 2.80. The highest BCUT2D eigenvalue weighted by Crippen LogP contribution is 2.23. The second-order valence-corrected chi connectivity index (χ2v) is 10.8. The number of imide groups is 1. The fraction of sp³-hybridized carbons (Fsp3) is 0.500. The summed E-state index contributed by atoms with van der Waals surface area (Å²) in [4.78, 5) is 66.6. The lowest BCUT2D eigenvalue weighted by molar-refractivity contribution is -0.198. The number of hydrogen-bond donors (Lipinski definition) is 1. The molecule has 1 fully saturated rings. The van der Waals surface area contributed by atoms with E-state index in [0.717, 1.165) is 22.4 Å². The minimum Gasteiger partial charge on any atom is -0.379 e. The van der Waals surface area contributed by atoms with Crippen LogP contribution in [-0.4, -0.2) is 94.1 Å². The zero-order chi connectivity index (χ0) is 33.9. The van der Waals surface area contributed by atoms with Crippen LogP contribution in [0.4, 0.5) is 5.69 Å². The molecule has 0 unspecified atom stereocenters. The summed E-state index contributed by atoms with van der Waals surface area (Å²) >= 11 is 0. The fourth-order valence-corrected chi connectivity index (χ4v) is 4.55. The molecular formula is C34H45N3O10. The van der Waals surface area contributed by atoms with Gasteiger partial charge in [-0.15, -0.1) is 5.06 Å². The predicted molar refractivity (Wildman–Crippen MR) is 171 cm³/mol. The van der Waals surface area contributed by atoms with Crippen LogP contribution in [-0.2, 0) is 54.3 Å². The Balaban J connectivity index is 1.16. The Bertz CT molecular complexity index is 1320. The Labute approximate surface area is 275 Å². The van der Waals surface area contributed by atoms with E-state index in [1.807, 2.05) is 62.4 Å². The quantitative estimate of drug-likeness (QED) is 0.148. The Hall–Kier alpha value is -4.17. The summed E-state index contributed by atoms with van der Waals surface area (Å²) in [7, 11) is 0. The first-order valence-electron chi connectivity index (χ1n) is 15.8. The van der Waals surface area contributed by atoms with Crippen LogP contribution in [0.1, 0.15) is 48.8 Å². The molecule has 0 aliphatic carbocycles. The molecule has 47 heavy (non-hydrogen) atoms. The summed E-state index contributed by atoms with van der Waals surface area (Å²) in [5, 5.41) is 3.31. The average Bonchev–Trinajstić information content (AvgIpc) is 3.37. The van der Waals surface area contributed by atoms with Crippen molar-refractivity contribution < 1.29 is 47.8 Å². The smallest absolute Gasteiger partial charge is 0.335 e. The molecule has 0 spiro atoms. The molecule has 1 aliphatic rings. The first-order valence-corrected chi connectivity index (χ1v) is 15.8. The molecule has 2 aromatic rings. The van der Waals surface area contributed by atoms with E-state index in [2.05, 4.69) is 5.32 Å². The van der Waals surface area contributed by atoms with Gasteiger partial charge in [0.05, 0.1) is 65.8 Å². The molecule has 1 heterocycles. The summed E-state index contributed by atoms with van der Waals surface area (Å²) in [6, 6.07) is 15.8. The Morgan fingerprint density at radius 3 is 1.83 bits per heavy atom. The molecule has 256 valence electrons. The Morgan fingerprint density at radius 2 is 1.23 bits per heavy atom. The molecule has 3 rings (SSSR count). The Morgan fingerprint density at radius 1 is 0.702 bits per heavy atom. The van der Waals surface area contributed by atoms with E-state index in [9.17, 15) is 24.0 Å². The highest BCUT2D eigenvalue weighted by Gasteiger charge is 2.32. The number of hydroxylamine groups is 2. The number of nitrogens with zero attached hydrogens (tertiary/aromatic N) is 2. The van der Waals surface area contributed by atoms with Crippen LogP contribution >= 0.6 is 0 Å². The van der Waals surface area contributed by atoms with Crippen LogP contribution in [0.25, 0.3) is 0 Å². The monoisotopic (exact) mass is 655 g/mol. The number of carbonyl (C=O) groups excluding carboxylic acids is 5. The van der Waals surface area contributed by atoms with Gasteiger partial charge in [0.2, 0.25) is 11.8 Å². The molecule has 13 nitrogen and oxygen atoms in total. The first kappa shape index (κ1) is 37.3.